The highest BCUT2D eigenvalue weighted by Gasteiger charge is 2.11. The van der Waals surface area contributed by atoms with Crippen LogP contribution in [0.4, 0.5) is 5.69 Å². The van der Waals surface area contributed by atoms with Gasteiger partial charge in [-0.15, -0.1) is 0 Å². The summed E-state index contributed by atoms with van der Waals surface area (Å²) in [7, 11) is 0. The fraction of sp³-hybridized carbons (Fsp3) is 0.385. The third-order valence-electron chi connectivity index (χ3n) is 2.43. The number of anilines is 1. The Labute approximate surface area is 110 Å². The van der Waals surface area contributed by atoms with Gasteiger partial charge < -0.3 is 4.90 Å². The molecule has 0 aromatic heterocycles. The van der Waals surface area contributed by atoms with Crippen molar-refractivity contribution in [2.45, 2.75) is 19.8 Å². The molecule has 0 aliphatic carbocycles. The highest BCUT2D eigenvalue weighted by Crippen LogP contribution is 2.14. The number of carbonyl (C=O) groups excluding carboxylic acids is 2. The molecule has 0 N–H and O–H groups in total. The molecule has 92 valence electrons. The van der Waals surface area contributed by atoms with Gasteiger partial charge in [0.2, 0.25) is 5.91 Å². The van der Waals surface area contributed by atoms with Crippen molar-refractivity contribution in [3.05, 3.63) is 30.3 Å². The van der Waals surface area contributed by atoms with Crippen LogP contribution < -0.4 is 4.90 Å². The Bertz CT molecular complexity index is 378. The van der Waals surface area contributed by atoms with Gasteiger partial charge in [-0.25, -0.2) is 0 Å². The molecule has 0 aliphatic heterocycles. The van der Waals surface area contributed by atoms with Gasteiger partial charge in [-0.2, -0.15) is 0 Å². The number of alkyl halides is 1. The first-order valence-electron chi connectivity index (χ1n) is 5.56. The average molecular weight is 298 g/mol. The van der Waals surface area contributed by atoms with E-state index in [2.05, 4.69) is 15.9 Å². The van der Waals surface area contributed by atoms with E-state index in [9.17, 15) is 9.59 Å². The van der Waals surface area contributed by atoms with E-state index in [4.69, 9.17) is 0 Å². The Balaban J connectivity index is 2.56. The van der Waals surface area contributed by atoms with Crippen molar-refractivity contribution in [1.29, 1.82) is 0 Å². The minimum Gasteiger partial charge on any atom is -0.313 e. The van der Waals surface area contributed by atoms with E-state index < -0.39 is 0 Å². The van der Waals surface area contributed by atoms with Crippen LogP contribution in [0.15, 0.2) is 30.3 Å². The Morgan fingerprint density at radius 3 is 2.41 bits per heavy atom. The number of benzene rings is 1. The van der Waals surface area contributed by atoms with Crippen LogP contribution in [-0.2, 0) is 9.59 Å². The molecule has 0 bridgehead atoms. The quantitative estimate of drug-likeness (QED) is 0.757. The molecule has 1 aromatic carbocycles. The summed E-state index contributed by atoms with van der Waals surface area (Å²) in [6.45, 7) is 2.12. The second-order valence-corrected chi connectivity index (χ2v) is 4.34. The highest BCUT2D eigenvalue weighted by molar-refractivity contribution is 9.09. The number of hydrogen-bond acceptors (Lipinski definition) is 2. The van der Waals surface area contributed by atoms with E-state index in [1.165, 1.54) is 0 Å². The first-order valence-corrected chi connectivity index (χ1v) is 6.68. The Morgan fingerprint density at radius 1 is 1.24 bits per heavy atom. The molecule has 0 heterocycles. The van der Waals surface area contributed by atoms with Crippen LogP contribution in [0.3, 0.4) is 0 Å². The van der Waals surface area contributed by atoms with Crippen LogP contribution in [0.25, 0.3) is 0 Å². The number of hydrogen-bond donors (Lipinski definition) is 0. The first kappa shape index (κ1) is 13.9. The van der Waals surface area contributed by atoms with Crippen molar-refractivity contribution in [1.82, 2.24) is 0 Å². The zero-order valence-electron chi connectivity index (χ0n) is 9.86. The highest BCUT2D eigenvalue weighted by atomic mass is 79.9. The fourth-order valence-electron chi connectivity index (χ4n) is 1.58. The molecule has 0 radical (unpaired) electrons. The molecule has 1 rings (SSSR count). The van der Waals surface area contributed by atoms with Crippen molar-refractivity contribution >= 4 is 33.3 Å². The third kappa shape index (κ3) is 4.69. The summed E-state index contributed by atoms with van der Waals surface area (Å²) >= 11 is 3.13. The number of halogens is 1. The van der Waals surface area contributed by atoms with E-state index in [-0.39, 0.29) is 11.7 Å². The number of Topliss-reactive ketones (excluding diaryl/α,β-unsaturated/α-hetero) is 1. The molecule has 3 nitrogen and oxygen atoms in total. The molecule has 17 heavy (non-hydrogen) atoms. The van der Waals surface area contributed by atoms with Crippen LogP contribution in [0, 0.1) is 0 Å². The number of para-hydroxylation sites is 1. The second kappa shape index (κ2) is 7.22. The van der Waals surface area contributed by atoms with Gasteiger partial charge in [0.1, 0.15) is 5.78 Å². The lowest BCUT2D eigenvalue weighted by Gasteiger charge is -2.20. The number of amides is 1. The Morgan fingerprint density at radius 2 is 1.88 bits per heavy atom. The lowest BCUT2D eigenvalue weighted by Crippen LogP contribution is -2.29. The fourth-order valence-corrected chi connectivity index (χ4v) is 1.86. The van der Waals surface area contributed by atoms with Gasteiger partial charge in [-0.3, -0.25) is 9.59 Å². The summed E-state index contributed by atoms with van der Waals surface area (Å²) in [5, 5.41) is 0.387. The molecule has 1 aromatic rings. The third-order valence-corrected chi connectivity index (χ3v) is 3.06. The summed E-state index contributed by atoms with van der Waals surface area (Å²) in [6, 6.07) is 9.50. The monoisotopic (exact) mass is 297 g/mol. The first-order chi connectivity index (χ1) is 8.15. The molecule has 0 aliphatic rings. The molecular weight excluding hydrogens is 282 g/mol. The molecule has 0 unspecified atom stereocenters. The van der Waals surface area contributed by atoms with E-state index in [0.717, 1.165) is 5.69 Å². The minimum atomic E-state index is 0.00231. The predicted molar refractivity (Wildman–Crippen MR) is 72.5 cm³/mol. The van der Waals surface area contributed by atoms with Crippen molar-refractivity contribution < 1.29 is 9.59 Å². The van der Waals surface area contributed by atoms with Gasteiger partial charge in [0, 0.05) is 25.6 Å². The van der Waals surface area contributed by atoms with E-state index in [0.29, 0.717) is 24.7 Å². The topological polar surface area (TPSA) is 37.4 Å². The van der Waals surface area contributed by atoms with Crippen molar-refractivity contribution in [3.63, 3.8) is 0 Å². The SMILES string of the molecule is CC(=O)N(CCCC(=O)CBr)c1ccccc1. The molecular formula is C13H16BrNO2. The van der Waals surface area contributed by atoms with Crippen LogP contribution in [0.5, 0.6) is 0 Å². The summed E-state index contributed by atoms with van der Waals surface area (Å²) in [6.07, 6.45) is 1.20. The lowest BCUT2D eigenvalue weighted by molar-refractivity contribution is -0.118. The zero-order valence-corrected chi connectivity index (χ0v) is 11.4. The van der Waals surface area contributed by atoms with Gasteiger partial charge in [0.15, 0.2) is 0 Å². The predicted octanol–water partition coefficient (Wildman–Crippen LogP) is 2.78. The molecule has 0 saturated carbocycles. The van der Waals surface area contributed by atoms with Crippen LogP contribution in [0.1, 0.15) is 19.8 Å². The van der Waals surface area contributed by atoms with Crippen molar-refractivity contribution in [2.24, 2.45) is 0 Å². The largest absolute Gasteiger partial charge is 0.313 e. The second-order valence-electron chi connectivity index (χ2n) is 3.78. The molecule has 0 spiro atoms. The van der Waals surface area contributed by atoms with Crippen LogP contribution >= 0.6 is 15.9 Å². The maximum absolute atomic E-state index is 11.5. The molecule has 0 fully saturated rings. The summed E-state index contributed by atoms with van der Waals surface area (Å²) < 4.78 is 0. The number of rotatable bonds is 6. The van der Waals surface area contributed by atoms with Gasteiger partial charge in [-0.1, -0.05) is 34.1 Å². The van der Waals surface area contributed by atoms with E-state index in [1.807, 2.05) is 30.3 Å². The zero-order chi connectivity index (χ0) is 12.7. The Hall–Kier alpha value is -1.16. The minimum absolute atomic E-state index is 0.00231. The summed E-state index contributed by atoms with van der Waals surface area (Å²) in [4.78, 5) is 24.4. The normalized spacial score (nSPS) is 10.0. The number of nitrogens with zero attached hydrogens (tertiary/aromatic N) is 1. The maximum atomic E-state index is 11.5. The molecule has 4 heteroatoms. The van der Waals surface area contributed by atoms with E-state index in [1.54, 1.807) is 11.8 Å². The maximum Gasteiger partial charge on any atom is 0.223 e. The van der Waals surface area contributed by atoms with Crippen molar-refractivity contribution in [3.8, 4) is 0 Å². The number of carbonyl (C=O) groups is 2. The smallest absolute Gasteiger partial charge is 0.223 e. The lowest BCUT2D eigenvalue weighted by atomic mass is 10.2. The van der Waals surface area contributed by atoms with Crippen LogP contribution in [0.2, 0.25) is 0 Å². The molecule has 1 amide bonds. The van der Waals surface area contributed by atoms with Gasteiger partial charge in [0.05, 0.1) is 5.33 Å². The molecule has 0 atom stereocenters. The summed E-state index contributed by atoms with van der Waals surface area (Å²) in [5.41, 5.74) is 0.881. The standard InChI is InChI=1S/C13H16BrNO2/c1-11(16)15(9-5-8-13(17)10-14)12-6-3-2-4-7-12/h2-4,6-7H,5,8-10H2,1H3. The summed E-state index contributed by atoms with van der Waals surface area (Å²) in [5.74, 6) is 0.170. The van der Waals surface area contributed by atoms with E-state index >= 15 is 0 Å². The Kier molecular flexibility index (Phi) is 5.91. The average Bonchev–Trinajstić information content (AvgIpc) is 2.34. The number of ketones is 1. The van der Waals surface area contributed by atoms with Gasteiger partial charge in [-0.05, 0) is 18.6 Å². The van der Waals surface area contributed by atoms with Gasteiger partial charge in [0.25, 0.3) is 0 Å². The van der Waals surface area contributed by atoms with Crippen molar-refractivity contribution in [2.75, 3.05) is 16.8 Å². The van der Waals surface area contributed by atoms with Crippen LogP contribution in [-0.4, -0.2) is 23.6 Å². The van der Waals surface area contributed by atoms with Gasteiger partial charge >= 0.3 is 0 Å². The molecule has 0 saturated heterocycles.